The minimum Gasteiger partial charge on any atom is -0.495 e. The van der Waals surface area contributed by atoms with Crippen molar-refractivity contribution in [3.8, 4) is 11.8 Å². The van der Waals surface area contributed by atoms with E-state index in [4.69, 9.17) is 4.74 Å². The van der Waals surface area contributed by atoms with Crippen molar-refractivity contribution in [2.45, 2.75) is 19.1 Å². The van der Waals surface area contributed by atoms with Gasteiger partial charge in [0.05, 0.1) is 37.6 Å². The van der Waals surface area contributed by atoms with Crippen molar-refractivity contribution >= 4 is 23.2 Å². The summed E-state index contributed by atoms with van der Waals surface area (Å²) in [6.07, 6.45) is -2.75. The average molecular weight is 513 g/mol. The molecule has 12 heteroatoms. The molecule has 1 N–H and O–H groups in total. The first-order valence-electron chi connectivity index (χ1n) is 11.2. The molecular formula is C25H22F3N5O4. The summed E-state index contributed by atoms with van der Waals surface area (Å²) in [6, 6.07) is 13.4. The molecule has 9 nitrogen and oxygen atoms in total. The lowest BCUT2D eigenvalue weighted by Crippen LogP contribution is -2.41. The van der Waals surface area contributed by atoms with Crippen LogP contribution in [0.2, 0.25) is 0 Å². The minimum atomic E-state index is -4.37. The molecule has 1 aliphatic rings. The Morgan fingerprint density at radius 3 is 2.62 bits per heavy atom. The van der Waals surface area contributed by atoms with Gasteiger partial charge in [-0.25, -0.2) is 0 Å². The maximum atomic E-state index is 13.3. The van der Waals surface area contributed by atoms with Crippen LogP contribution in [0.1, 0.15) is 32.0 Å². The standard InChI is InChI=1S/C25H22F3N5O4/c1-36-21-7-4-18(12-17(21)13-29)31-23(34)20-14-30-33-10-9-32(24(35)22(20)33)19-5-2-16(3-6-19)8-11-37-15-25(26,27)28/h2-7,12,14H,8-11,15H2,1H3,(H,31,34). The van der Waals surface area contributed by atoms with Crippen LogP contribution in [0.15, 0.2) is 48.7 Å². The van der Waals surface area contributed by atoms with Gasteiger partial charge in [-0.3, -0.25) is 14.3 Å². The minimum absolute atomic E-state index is 0.0801. The molecule has 0 unspecified atom stereocenters. The SMILES string of the molecule is COc1ccc(NC(=O)c2cnn3c2C(=O)N(c2ccc(CCOCC(F)(F)F)cc2)CC3)cc1C#N. The number of nitriles is 1. The molecule has 3 aromatic rings. The van der Waals surface area contributed by atoms with Crippen LogP contribution in [0.3, 0.4) is 0 Å². The van der Waals surface area contributed by atoms with Crippen LogP contribution in [0, 0.1) is 11.3 Å². The Labute approximate surface area is 210 Å². The van der Waals surface area contributed by atoms with Gasteiger partial charge in [-0.2, -0.15) is 23.5 Å². The molecule has 0 aliphatic carbocycles. The van der Waals surface area contributed by atoms with Crippen molar-refractivity contribution in [3.05, 3.63) is 71.0 Å². The largest absolute Gasteiger partial charge is 0.495 e. The second-order valence-corrected chi connectivity index (χ2v) is 8.15. The fourth-order valence-corrected chi connectivity index (χ4v) is 3.91. The third kappa shape index (κ3) is 5.90. The number of carbonyl (C=O) groups excluding carboxylic acids is 2. The Kier molecular flexibility index (Phi) is 7.45. The van der Waals surface area contributed by atoms with Gasteiger partial charge in [0.25, 0.3) is 11.8 Å². The first kappa shape index (κ1) is 25.7. The third-order valence-electron chi connectivity index (χ3n) is 5.69. The van der Waals surface area contributed by atoms with Crippen molar-refractivity contribution < 1.29 is 32.2 Å². The van der Waals surface area contributed by atoms with Crippen LogP contribution in [0.4, 0.5) is 24.5 Å². The Bertz CT molecular complexity index is 1350. The third-order valence-corrected chi connectivity index (χ3v) is 5.69. The Balaban J connectivity index is 1.45. The van der Waals surface area contributed by atoms with E-state index in [0.29, 0.717) is 36.6 Å². The molecule has 1 aromatic heterocycles. The summed E-state index contributed by atoms with van der Waals surface area (Å²) in [5.41, 5.74) is 2.16. The highest BCUT2D eigenvalue weighted by atomic mass is 19.4. The monoisotopic (exact) mass is 513 g/mol. The normalized spacial score (nSPS) is 13.2. The summed E-state index contributed by atoms with van der Waals surface area (Å²) in [4.78, 5) is 27.8. The number of hydrogen-bond donors (Lipinski definition) is 1. The van der Waals surface area contributed by atoms with E-state index < -0.39 is 24.6 Å². The summed E-state index contributed by atoms with van der Waals surface area (Å²) in [6.45, 7) is -0.687. The molecule has 0 saturated heterocycles. The van der Waals surface area contributed by atoms with E-state index in [2.05, 4.69) is 15.2 Å². The van der Waals surface area contributed by atoms with Crippen LogP contribution in [0.5, 0.6) is 5.75 Å². The molecule has 1 aliphatic heterocycles. The second kappa shape index (κ2) is 10.7. The van der Waals surface area contributed by atoms with Crippen LogP contribution >= 0.6 is 0 Å². The number of ether oxygens (including phenoxy) is 2. The van der Waals surface area contributed by atoms with Gasteiger partial charge in [0.2, 0.25) is 0 Å². The predicted octanol–water partition coefficient (Wildman–Crippen LogP) is 3.80. The molecule has 192 valence electrons. The number of halogens is 3. The Hall–Kier alpha value is -4.37. The van der Waals surface area contributed by atoms with Crippen molar-refractivity contribution in [1.29, 1.82) is 5.26 Å². The van der Waals surface area contributed by atoms with E-state index in [1.165, 1.54) is 29.0 Å². The molecule has 37 heavy (non-hydrogen) atoms. The number of aromatic nitrogens is 2. The number of fused-ring (bicyclic) bond motifs is 1. The number of benzene rings is 2. The number of nitrogens with zero attached hydrogens (tertiary/aromatic N) is 4. The zero-order valence-corrected chi connectivity index (χ0v) is 19.7. The molecule has 0 fully saturated rings. The summed E-state index contributed by atoms with van der Waals surface area (Å²) in [5.74, 6) is -0.601. The lowest BCUT2D eigenvalue weighted by molar-refractivity contribution is -0.173. The number of anilines is 2. The first-order chi connectivity index (χ1) is 17.7. The molecule has 4 rings (SSSR count). The predicted molar refractivity (Wildman–Crippen MR) is 127 cm³/mol. The molecule has 0 radical (unpaired) electrons. The van der Waals surface area contributed by atoms with Gasteiger partial charge in [-0.1, -0.05) is 12.1 Å². The maximum Gasteiger partial charge on any atom is 0.411 e. The van der Waals surface area contributed by atoms with E-state index in [9.17, 15) is 28.0 Å². The molecule has 2 aromatic carbocycles. The van der Waals surface area contributed by atoms with Crippen LogP contribution < -0.4 is 15.0 Å². The molecule has 0 atom stereocenters. The highest BCUT2D eigenvalue weighted by Gasteiger charge is 2.32. The number of carbonyl (C=O) groups is 2. The topological polar surface area (TPSA) is 109 Å². The van der Waals surface area contributed by atoms with E-state index in [0.717, 1.165) is 5.56 Å². The number of amides is 2. The van der Waals surface area contributed by atoms with Crippen LogP contribution in [0.25, 0.3) is 0 Å². The van der Waals surface area contributed by atoms with Gasteiger partial charge in [-0.05, 0) is 42.3 Å². The Morgan fingerprint density at radius 2 is 1.95 bits per heavy atom. The molecule has 2 amide bonds. The Morgan fingerprint density at radius 1 is 1.19 bits per heavy atom. The lowest BCUT2D eigenvalue weighted by atomic mass is 10.1. The van der Waals surface area contributed by atoms with Crippen molar-refractivity contribution in [2.75, 3.05) is 37.1 Å². The van der Waals surface area contributed by atoms with Gasteiger partial charge in [0, 0.05) is 17.9 Å². The van der Waals surface area contributed by atoms with Gasteiger partial charge in [0.15, 0.2) is 0 Å². The second-order valence-electron chi connectivity index (χ2n) is 8.15. The van der Waals surface area contributed by atoms with E-state index in [1.807, 2.05) is 6.07 Å². The molecule has 0 saturated carbocycles. The van der Waals surface area contributed by atoms with Gasteiger partial charge >= 0.3 is 6.18 Å². The fourth-order valence-electron chi connectivity index (χ4n) is 3.91. The van der Waals surface area contributed by atoms with E-state index >= 15 is 0 Å². The number of hydrogen-bond acceptors (Lipinski definition) is 6. The fraction of sp³-hybridized carbons (Fsp3) is 0.280. The molecular weight excluding hydrogens is 491 g/mol. The zero-order valence-electron chi connectivity index (χ0n) is 19.7. The first-order valence-corrected chi connectivity index (χ1v) is 11.2. The van der Waals surface area contributed by atoms with Gasteiger partial charge in [0.1, 0.15) is 24.1 Å². The average Bonchev–Trinajstić information content (AvgIpc) is 3.32. The van der Waals surface area contributed by atoms with Crippen LogP contribution in [-0.2, 0) is 17.7 Å². The molecule has 2 heterocycles. The van der Waals surface area contributed by atoms with Crippen molar-refractivity contribution in [2.24, 2.45) is 0 Å². The van der Waals surface area contributed by atoms with Gasteiger partial charge < -0.3 is 19.7 Å². The van der Waals surface area contributed by atoms with Gasteiger partial charge in [-0.15, -0.1) is 0 Å². The van der Waals surface area contributed by atoms with Crippen molar-refractivity contribution in [1.82, 2.24) is 9.78 Å². The number of nitrogens with one attached hydrogen (secondary N) is 1. The molecule has 0 bridgehead atoms. The summed E-state index contributed by atoms with van der Waals surface area (Å²) in [7, 11) is 1.44. The zero-order chi connectivity index (χ0) is 26.6. The van der Waals surface area contributed by atoms with Crippen LogP contribution in [-0.4, -0.2) is 54.6 Å². The van der Waals surface area contributed by atoms with Crippen molar-refractivity contribution in [3.63, 3.8) is 0 Å². The smallest absolute Gasteiger partial charge is 0.411 e. The summed E-state index contributed by atoms with van der Waals surface area (Å²) < 4.78 is 47.8. The number of methoxy groups -OCH3 is 1. The van der Waals surface area contributed by atoms with E-state index in [-0.39, 0.29) is 23.4 Å². The maximum absolute atomic E-state index is 13.3. The number of rotatable bonds is 8. The lowest BCUT2D eigenvalue weighted by Gasteiger charge is -2.28. The summed E-state index contributed by atoms with van der Waals surface area (Å²) >= 11 is 0. The number of alkyl halides is 3. The van der Waals surface area contributed by atoms with E-state index in [1.54, 1.807) is 36.4 Å². The highest BCUT2D eigenvalue weighted by molar-refractivity contribution is 6.15. The molecule has 0 spiro atoms. The highest BCUT2D eigenvalue weighted by Crippen LogP contribution is 2.26. The summed E-state index contributed by atoms with van der Waals surface area (Å²) in [5, 5.41) is 16.1. The quantitative estimate of drug-likeness (QED) is 0.459.